The van der Waals surface area contributed by atoms with Gasteiger partial charge in [0.2, 0.25) is 0 Å². The van der Waals surface area contributed by atoms with Crippen LogP contribution in [0.25, 0.3) is 27.7 Å². The van der Waals surface area contributed by atoms with E-state index >= 15 is 0 Å². The van der Waals surface area contributed by atoms with Gasteiger partial charge < -0.3 is 23.8 Å². The van der Waals surface area contributed by atoms with E-state index in [-0.39, 0.29) is 17.9 Å². The minimum absolute atomic E-state index is 0.214. The summed E-state index contributed by atoms with van der Waals surface area (Å²) in [6.07, 6.45) is -4.20. The van der Waals surface area contributed by atoms with Crippen molar-refractivity contribution in [3.8, 4) is 28.8 Å². The normalized spacial score (nSPS) is 12.4. The predicted molar refractivity (Wildman–Crippen MR) is 145 cm³/mol. The van der Waals surface area contributed by atoms with Gasteiger partial charge >= 0.3 is 12.3 Å². The molecule has 2 aromatic heterocycles. The molecule has 41 heavy (non-hydrogen) atoms. The molecule has 0 spiro atoms. The van der Waals surface area contributed by atoms with Gasteiger partial charge in [0.1, 0.15) is 17.2 Å². The maximum absolute atomic E-state index is 13.1. The second-order valence-corrected chi connectivity index (χ2v) is 9.49. The van der Waals surface area contributed by atoms with Gasteiger partial charge in [-0.25, -0.2) is 4.79 Å². The molecule has 0 aliphatic carbocycles. The van der Waals surface area contributed by atoms with Crippen LogP contribution in [0.5, 0.6) is 23.0 Å². The molecule has 5 aromatic rings. The monoisotopic (exact) mass is 586 g/mol. The Morgan fingerprint density at radius 1 is 1.17 bits per heavy atom. The van der Waals surface area contributed by atoms with Crippen LogP contribution in [-0.4, -0.2) is 33.3 Å². The zero-order valence-corrected chi connectivity index (χ0v) is 22.4. The third kappa shape index (κ3) is 5.53. The standard InChI is InChI=1S/C29H22ClF3N2O6/c1-4-6-19-23(38-16(3)28(36)37)7-5-8-24(19)39-26-15(2)35(27-20-11-9-17(30)13-25(20)41-34-27)22-12-10-18(14-21(22)26)40-29(31,32)33/h4-5,7-14,16H,1,6H2,2-3H3,(H,36,37)/t16-/m1/s1. The number of aromatic nitrogens is 2. The lowest BCUT2D eigenvalue weighted by Gasteiger charge is -2.17. The van der Waals surface area contributed by atoms with Crippen molar-refractivity contribution in [2.75, 3.05) is 0 Å². The Bertz CT molecular complexity index is 1790. The Labute approximate surface area is 236 Å². The Morgan fingerprint density at radius 2 is 1.93 bits per heavy atom. The number of hydrogen-bond acceptors (Lipinski definition) is 6. The average Bonchev–Trinajstić information content (AvgIpc) is 3.42. The fraction of sp³-hybridized carbons (Fsp3) is 0.172. The minimum Gasteiger partial charge on any atom is -0.479 e. The highest BCUT2D eigenvalue weighted by molar-refractivity contribution is 6.31. The van der Waals surface area contributed by atoms with Crippen molar-refractivity contribution in [2.45, 2.75) is 32.7 Å². The predicted octanol–water partition coefficient (Wildman–Crippen LogP) is 8.00. The first-order valence-corrected chi connectivity index (χ1v) is 12.6. The highest BCUT2D eigenvalue weighted by Gasteiger charge is 2.32. The summed E-state index contributed by atoms with van der Waals surface area (Å²) < 4.78 is 62.6. The zero-order valence-electron chi connectivity index (χ0n) is 21.7. The van der Waals surface area contributed by atoms with E-state index in [1.165, 1.54) is 25.1 Å². The minimum atomic E-state index is -4.91. The molecule has 8 nitrogen and oxygen atoms in total. The van der Waals surface area contributed by atoms with Crippen LogP contribution in [0.3, 0.4) is 0 Å². The Hall–Kier alpha value is -4.64. The summed E-state index contributed by atoms with van der Waals surface area (Å²) in [5, 5.41) is 14.9. The van der Waals surface area contributed by atoms with E-state index in [4.69, 9.17) is 25.6 Å². The van der Waals surface area contributed by atoms with E-state index in [9.17, 15) is 23.1 Å². The van der Waals surface area contributed by atoms with Crippen LogP contribution in [0, 0.1) is 6.92 Å². The lowest BCUT2D eigenvalue weighted by Crippen LogP contribution is -2.23. The first-order chi connectivity index (χ1) is 19.5. The number of rotatable bonds is 9. The van der Waals surface area contributed by atoms with Gasteiger partial charge in [0, 0.05) is 22.0 Å². The molecule has 0 amide bonds. The van der Waals surface area contributed by atoms with Crippen LogP contribution in [0.4, 0.5) is 13.2 Å². The molecule has 0 bridgehead atoms. The van der Waals surface area contributed by atoms with Gasteiger partial charge in [-0.15, -0.1) is 19.8 Å². The maximum Gasteiger partial charge on any atom is 0.573 e. The topological polar surface area (TPSA) is 96.0 Å². The van der Waals surface area contributed by atoms with E-state index in [0.29, 0.717) is 49.7 Å². The average molecular weight is 587 g/mol. The third-order valence-electron chi connectivity index (χ3n) is 6.28. The van der Waals surface area contributed by atoms with Crippen molar-refractivity contribution < 1.29 is 41.8 Å². The molecule has 12 heteroatoms. The summed E-state index contributed by atoms with van der Waals surface area (Å²) in [4.78, 5) is 11.4. The molecule has 1 atom stereocenters. The summed E-state index contributed by atoms with van der Waals surface area (Å²) >= 11 is 6.10. The molecule has 0 saturated heterocycles. The van der Waals surface area contributed by atoms with Crippen molar-refractivity contribution in [2.24, 2.45) is 0 Å². The quantitative estimate of drug-likeness (QED) is 0.175. The van der Waals surface area contributed by atoms with Crippen molar-refractivity contribution in [1.29, 1.82) is 0 Å². The Kier molecular flexibility index (Phi) is 7.31. The molecular formula is C29H22ClF3N2O6. The van der Waals surface area contributed by atoms with Gasteiger partial charge in [0.15, 0.2) is 23.3 Å². The van der Waals surface area contributed by atoms with Gasteiger partial charge in [-0.1, -0.05) is 28.9 Å². The molecule has 5 rings (SSSR count). The molecule has 3 aromatic carbocycles. The molecule has 0 saturated carbocycles. The number of fused-ring (bicyclic) bond motifs is 2. The highest BCUT2D eigenvalue weighted by atomic mass is 35.5. The molecule has 1 N–H and O–H groups in total. The van der Waals surface area contributed by atoms with E-state index in [1.54, 1.807) is 54.0 Å². The smallest absolute Gasteiger partial charge is 0.479 e. The number of nitrogens with zero attached hydrogens (tertiary/aromatic N) is 2. The molecule has 2 heterocycles. The fourth-order valence-electron chi connectivity index (χ4n) is 4.48. The van der Waals surface area contributed by atoms with Crippen LogP contribution in [0.2, 0.25) is 5.02 Å². The van der Waals surface area contributed by atoms with Crippen LogP contribution in [0.15, 0.2) is 71.8 Å². The Balaban J connectivity index is 1.71. The number of carboxylic acids is 1. The Morgan fingerprint density at radius 3 is 2.63 bits per heavy atom. The largest absolute Gasteiger partial charge is 0.573 e. The molecule has 0 unspecified atom stereocenters. The molecule has 0 aliphatic rings. The number of carbonyl (C=O) groups is 1. The lowest BCUT2D eigenvalue weighted by molar-refractivity contribution is -0.274. The van der Waals surface area contributed by atoms with E-state index in [0.717, 1.165) is 0 Å². The second kappa shape index (κ2) is 10.7. The van der Waals surface area contributed by atoms with Crippen molar-refractivity contribution >= 4 is 39.4 Å². The number of carboxylic acid groups (broad SMARTS) is 1. The van der Waals surface area contributed by atoms with Gasteiger partial charge in [-0.05, 0) is 62.7 Å². The van der Waals surface area contributed by atoms with E-state index < -0.39 is 24.2 Å². The number of allylic oxidation sites excluding steroid dienone is 1. The summed E-state index contributed by atoms with van der Waals surface area (Å²) in [6.45, 7) is 6.87. The van der Waals surface area contributed by atoms with Gasteiger partial charge in [-0.2, -0.15) is 0 Å². The fourth-order valence-corrected chi connectivity index (χ4v) is 4.64. The number of alkyl halides is 3. The maximum atomic E-state index is 13.1. The van der Waals surface area contributed by atoms with Crippen LogP contribution in [-0.2, 0) is 11.2 Å². The SMILES string of the molecule is C=CCc1c(Oc2c(C)n(-c3noc4cc(Cl)ccc34)c3ccc(OC(F)(F)F)cc23)cccc1O[C@H](C)C(=O)O. The highest BCUT2D eigenvalue weighted by Crippen LogP contribution is 2.43. The van der Waals surface area contributed by atoms with Crippen LogP contribution in [0.1, 0.15) is 18.2 Å². The summed E-state index contributed by atoms with van der Waals surface area (Å²) in [5.74, 6) is -0.454. The van der Waals surface area contributed by atoms with Gasteiger partial charge in [-0.3, -0.25) is 4.57 Å². The third-order valence-corrected chi connectivity index (χ3v) is 6.52. The number of halogens is 4. The van der Waals surface area contributed by atoms with Gasteiger partial charge in [0.25, 0.3) is 0 Å². The zero-order chi connectivity index (χ0) is 29.5. The number of ether oxygens (including phenoxy) is 3. The summed E-state index contributed by atoms with van der Waals surface area (Å²) in [6, 6.07) is 13.7. The first-order valence-electron chi connectivity index (χ1n) is 12.2. The number of aliphatic carboxylic acids is 1. The second-order valence-electron chi connectivity index (χ2n) is 9.05. The molecular weight excluding hydrogens is 565 g/mol. The number of benzene rings is 3. The molecule has 212 valence electrons. The van der Waals surface area contributed by atoms with Crippen molar-refractivity contribution in [3.05, 3.63) is 83.5 Å². The van der Waals surface area contributed by atoms with Crippen LogP contribution >= 0.6 is 11.6 Å². The van der Waals surface area contributed by atoms with E-state index in [1.807, 2.05) is 0 Å². The van der Waals surface area contributed by atoms with Crippen LogP contribution < -0.4 is 14.2 Å². The molecule has 0 radical (unpaired) electrons. The van der Waals surface area contributed by atoms with Gasteiger partial charge in [0.05, 0.1) is 16.6 Å². The summed E-state index contributed by atoms with van der Waals surface area (Å²) in [5.41, 5.74) is 1.87. The molecule has 0 aliphatic heterocycles. The van der Waals surface area contributed by atoms with Crippen molar-refractivity contribution in [3.63, 3.8) is 0 Å². The molecule has 0 fully saturated rings. The lowest BCUT2D eigenvalue weighted by atomic mass is 10.1. The number of hydrogen-bond donors (Lipinski definition) is 1. The summed E-state index contributed by atoms with van der Waals surface area (Å²) in [7, 11) is 0. The first kappa shape index (κ1) is 27.9. The van der Waals surface area contributed by atoms with Crippen molar-refractivity contribution in [1.82, 2.24) is 9.72 Å². The van der Waals surface area contributed by atoms with E-state index in [2.05, 4.69) is 16.5 Å².